The fourth-order valence-electron chi connectivity index (χ4n) is 1.98. The summed E-state index contributed by atoms with van der Waals surface area (Å²) < 4.78 is 31.5. The van der Waals surface area contributed by atoms with Crippen molar-refractivity contribution in [2.24, 2.45) is 0 Å². The van der Waals surface area contributed by atoms with Gasteiger partial charge in [-0.25, -0.2) is 17.4 Å². The summed E-state index contributed by atoms with van der Waals surface area (Å²) in [5.74, 6) is 0.477. The lowest BCUT2D eigenvalue weighted by Gasteiger charge is -2.08. The number of benzene rings is 1. The van der Waals surface area contributed by atoms with Gasteiger partial charge in [-0.3, -0.25) is 0 Å². The molecule has 0 amide bonds. The number of anilines is 1. The van der Waals surface area contributed by atoms with Crippen molar-refractivity contribution in [3.63, 3.8) is 0 Å². The first-order valence-corrected chi connectivity index (χ1v) is 7.45. The first-order valence-electron chi connectivity index (χ1n) is 6.01. The topological polar surface area (TPSA) is 100 Å². The van der Waals surface area contributed by atoms with E-state index in [2.05, 4.69) is 9.97 Å². The summed E-state index contributed by atoms with van der Waals surface area (Å²) >= 11 is 0. The molecule has 1 aromatic carbocycles. The Morgan fingerprint density at radius 1 is 1.29 bits per heavy atom. The maximum atomic E-state index is 12.7. The molecular weight excluding hydrogens is 292 g/mol. The normalized spacial score (nSPS) is 11.7. The third-order valence-corrected chi connectivity index (χ3v) is 4.67. The highest BCUT2D eigenvalue weighted by Crippen LogP contribution is 2.23. The lowest BCUT2D eigenvalue weighted by Crippen LogP contribution is -2.13. The smallest absolute Gasteiger partial charge is 0.269 e. The highest BCUT2D eigenvalue weighted by molar-refractivity contribution is 7.90. The molecule has 0 aliphatic rings. The van der Waals surface area contributed by atoms with E-state index < -0.39 is 10.0 Å². The summed E-state index contributed by atoms with van der Waals surface area (Å²) in [6.07, 6.45) is 2.91. The molecule has 3 aromatic rings. The van der Waals surface area contributed by atoms with Crippen LogP contribution in [0.3, 0.4) is 0 Å². The van der Waals surface area contributed by atoms with E-state index in [4.69, 9.17) is 10.5 Å². The van der Waals surface area contributed by atoms with Crippen LogP contribution in [0.15, 0.2) is 47.6 Å². The molecule has 0 aliphatic heterocycles. The number of nitrogens with zero attached hydrogens (tertiary/aromatic N) is 3. The Balaban J connectivity index is 2.22. The molecule has 108 valence electrons. The molecule has 0 saturated carbocycles. The minimum atomic E-state index is -3.78. The molecule has 2 aromatic heterocycles. The van der Waals surface area contributed by atoms with Gasteiger partial charge in [-0.1, -0.05) is 6.07 Å². The number of methoxy groups -OCH3 is 1. The molecule has 3 rings (SSSR count). The van der Waals surface area contributed by atoms with Gasteiger partial charge in [-0.05, 0) is 18.2 Å². The summed E-state index contributed by atoms with van der Waals surface area (Å²) in [5, 5.41) is 0.593. The number of hydrogen-bond acceptors (Lipinski definition) is 6. The van der Waals surface area contributed by atoms with Crippen LogP contribution >= 0.6 is 0 Å². The summed E-state index contributed by atoms with van der Waals surface area (Å²) in [4.78, 5) is 7.94. The average molecular weight is 304 g/mol. The fourth-order valence-corrected chi connectivity index (χ4v) is 3.31. The standard InChI is InChI=1S/C13H12N4O3S/c1-20-10-3-2-4-11(7-10)21(18,19)17-6-5-9-8-15-13(14)16-12(9)17/h2-8H,1H3,(H2,14,15,16). The van der Waals surface area contributed by atoms with E-state index in [0.29, 0.717) is 11.1 Å². The molecule has 0 radical (unpaired) electrons. The van der Waals surface area contributed by atoms with Gasteiger partial charge < -0.3 is 10.5 Å². The van der Waals surface area contributed by atoms with Gasteiger partial charge in [0.05, 0.1) is 12.0 Å². The maximum Gasteiger partial charge on any atom is 0.269 e. The molecule has 8 heteroatoms. The van der Waals surface area contributed by atoms with Gasteiger partial charge in [-0.2, -0.15) is 4.98 Å². The van der Waals surface area contributed by atoms with Gasteiger partial charge in [0.1, 0.15) is 5.75 Å². The summed E-state index contributed by atoms with van der Waals surface area (Å²) in [5.41, 5.74) is 5.77. The highest BCUT2D eigenvalue weighted by Gasteiger charge is 2.20. The van der Waals surface area contributed by atoms with Crippen LogP contribution in [0.4, 0.5) is 5.95 Å². The van der Waals surface area contributed by atoms with Crippen molar-refractivity contribution in [2.45, 2.75) is 4.90 Å². The van der Waals surface area contributed by atoms with Gasteiger partial charge in [-0.15, -0.1) is 0 Å². The zero-order valence-electron chi connectivity index (χ0n) is 11.1. The minimum Gasteiger partial charge on any atom is -0.497 e. The molecular formula is C13H12N4O3S. The summed E-state index contributed by atoms with van der Waals surface area (Å²) in [6.45, 7) is 0. The molecule has 2 N–H and O–H groups in total. The first kappa shape index (κ1) is 13.4. The Morgan fingerprint density at radius 2 is 2.10 bits per heavy atom. The van der Waals surface area contributed by atoms with Crippen molar-refractivity contribution < 1.29 is 13.2 Å². The van der Waals surface area contributed by atoms with Crippen LogP contribution in [0.1, 0.15) is 0 Å². The fraction of sp³-hybridized carbons (Fsp3) is 0.0769. The number of rotatable bonds is 3. The monoisotopic (exact) mass is 304 g/mol. The molecule has 21 heavy (non-hydrogen) atoms. The van der Waals surface area contributed by atoms with Crippen LogP contribution in [-0.2, 0) is 10.0 Å². The lowest BCUT2D eigenvalue weighted by molar-refractivity contribution is 0.413. The predicted molar refractivity (Wildman–Crippen MR) is 77.5 cm³/mol. The molecule has 0 spiro atoms. The van der Waals surface area contributed by atoms with Crippen LogP contribution in [-0.4, -0.2) is 29.5 Å². The molecule has 7 nitrogen and oxygen atoms in total. The van der Waals surface area contributed by atoms with Gasteiger partial charge in [0.2, 0.25) is 5.95 Å². The van der Waals surface area contributed by atoms with Crippen molar-refractivity contribution in [3.8, 4) is 5.75 Å². The third-order valence-electron chi connectivity index (χ3n) is 3.01. The van der Waals surface area contributed by atoms with Gasteiger partial charge in [0.25, 0.3) is 10.0 Å². The molecule has 0 unspecified atom stereocenters. The van der Waals surface area contributed by atoms with Gasteiger partial charge >= 0.3 is 0 Å². The van der Waals surface area contributed by atoms with Crippen molar-refractivity contribution in [1.82, 2.24) is 13.9 Å². The quantitative estimate of drug-likeness (QED) is 0.782. The molecule has 0 aliphatic carbocycles. The highest BCUT2D eigenvalue weighted by atomic mass is 32.2. The van der Waals surface area contributed by atoms with Crippen LogP contribution in [0.25, 0.3) is 11.0 Å². The largest absolute Gasteiger partial charge is 0.497 e. The van der Waals surface area contributed by atoms with Crippen molar-refractivity contribution in [3.05, 3.63) is 42.7 Å². The van der Waals surface area contributed by atoms with Gasteiger partial charge in [0, 0.05) is 23.8 Å². The Hall–Kier alpha value is -2.61. The van der Waals surface area contributed by atoms with Crippen LogP contribution in [0.5, 0.6) is 5.75 Å². The lowest BCUT2D eigenvalue weighted by atomic mass is 10.3. The maximum absolute atomic E-state index is 12.7. The van der Waals surface area contributed by atoms with E-state index in [-0.39, 0.29) is 16.5 Å². The Morgan fingerprint density at radius 3 is 2.86 bits per heavy atom. The van der Waals surface area contributed by atoms with Crippen molar-refractivity contribution in [2.75, 3.05) is 12.8 Å². The predicted octanol–water partition coefficient (Wildman–Crippen LogP) is 1.26. The Bertz CT molecular complexity index is 918. The Labute approximate surface area is 121 Å². The SMILES string of the molecule is COc1cccc(S(=O)(=O)n2ccc3cnc(N)nc32)c1. The van der Waals surface area contributed by atoms with E-state index in [1.807, 2.05) is 0 Å². The first-order chi connectivity index (χ1) is 10.0. The van der Waals surface area contributed by atoms with Crippen molar-refractivity contribution >= 4 is 27.0 Å². The van der Waals surface area contributed by atoms with E-state index in [1.54, 1.807) is 18.2 Å². The van der Waals surface area contributed by atoms with Crippen LogP contribution < -0.4 is 10.5 Å². The second-order valence-corrected chi connectivity index (χ2v) is 6.12. The van der Waals surface area contributed by atoms with Crippen molar-refractivity contribution in [1.29, 1.82) is 0 Å². The molecule has 0 fully saturated rings. The van der Waals surface area contributed by atoms with Crippen LogP contribution in [0.2, 0.25) is 0 Å². The zero-order chi connectivity index (χ0) is 15.0. The molecule has 0 atom stereocenters. The van der Waals surface area contributed by atoms with E-state index in [9.17, 15) is 8.42 Å². The summed E-state index contributed by atoms with van der Waals surface area (Å²) in [7, 11) is -2.30. The van der Waals surface area contributed by atoms with E-state index in [1.165, 1.54) is 31.6 Å². The number of aromatic nitrogens is 3. The van der Waals surface area contributed by atoms with Gasteiger partial charge in [0.15, 0.2) is 5.65 Å². The van der Waals surface area contributed by atoms with E-state index in [0.717, 1.165) is 3.97 Å². The minimum absolute atomic E-state index is 0.0169. The van der Waals surface area contributed by atoms with Crippen LogP contribution in [0, 0.1) is 0 Å². The Kier molecular flexibility index (Phi) is 3.02. The second kappa shape index (κ2) is 4.74. The number of hydrogen-bond donors (Lipinski definition) is 1. The number of nitrogens with two attached hydrogens (primary N) is 1. The van der Waals surface area contributed by atoms with E-state index >= 15 is 0 Å². The molecule has 0 bridgehead atoms. The zero-order valence-corrected chi connectivity index (χ0v) is 11.9. The number of nitrogen functional groups attached to an aromatic ring is 1. The molecule has 2 heterocycles. The third kappa shape index (κ3) is 2.19. The number of fused-ring (bicyclic) bond motifs is 1. The summed E-state index contributed by atoms with van der Waals surface area (Å²) in [6, 6.07) is 7.85. The molecule has 0 saturated heterocycles. The second-order valence-electron chi connectivity index (χ2n) is 4.30. The average Bonchev–Trinajstić information content (AvgIpc) is 2.91. The number of ether oxygens (including phenoxy) is 1.